The lowest BCUT2D eigenvalue weighted by Gasteiger charge is -2.01. The largest absolute Gasteiger partial charge is 0.382 e. The van der Waals surface area contributed by atoms with Crippen molar-refractivity contribution in [3.63, 3.8) is 0 Å². The van der Waals surface area contributed by atoms with Crippen LogP contribution in [0.25, 0.3) is 0 Å². The summed E-state index contributed by atoms with van der Waals surface area (Å²) in [7, 11) is 1.51. The summed E-state index contributed by atoms with van der Waals surface area (Å²) in [5.41, 5.74) is 0.443. The van der Waals surface area contributed by atoms with Gasteiger partial charge in [0.1, 0.15) is 0 Å². The lowest BCUT2D eigenvalue weighted by Crippen LogP contribution is -2.06. The molecule has 0 N–H and O–H groups in total. The molecular formula is C10H11O4. The van der Waals surface area contributed by atoms with Gasteiger partial charge in [-0.1, -0.05) is 18.2 Å². The molecule has 0 amide bonds. The summed E-state index contributed by atoms with van der Waals surface area (Å²) < 4.78 is 4.66. The van der Waals surface area contributed by atoms with Gasteiger partial charge in [0.25, 0.3) is 0 Å². The molecule has 0 aliphatic carbocycles. The third-order valence-corrected chi connectivity index (χ3v) is 1.44. The Hall–Kier alpha value is -1.39. The highest BCUT2D eigenvalue weighted by atomic mass is 17.2. The van der Waals surface area contributed by atoms with E-state index in [4.69, 9.17) is 0 Å². The molecule has 0 fully saturated rings. The molecule has 0 heterocycles. The van der Waals surface area contributed by atoms with E-state index in [2.05, 4.69) is 14.5 Å². The van der Waals surface area contributed by atoms with E-state index < -0.39 is 5.97 Å². The first kappa shape index (κ1) is 10.7. The van der Waals surface area contributed by atoms with Crippen molar-refractivity contribution in [1.82, 2.24) is 0 Å². The molecule has 0 spiro atoms. The highest BCUT2D eigenvalue weighted by molar-refractivity contribution is 5.88. The fraction of sp³-hybridized carbons (Fsp3) is 0.200. The Morgan fingerprint density at radius 1 is 1.36 bits per heavy atom. The van der Waals surface area contributed by atoms with Crippen molar-refractivity contribution >= 4 is 5.97 Å². The highest BCUT2D eigenvalue weighted by Crippen LogP contribution is 2.01. The number of hydrogen-bond acceptors (Lipinski definition) is 4. The van der Waals surface area contributed by atoms with Gasteiger partial charge in [0.05, 0.1) is 12.2 Å². The molecule has 4 heteroatoms. The van der Waals surface area contributed by atoms with Crippen LogP contribution >= 0.6 is 0 Å². The number of methoxy groups -OCH3 is 1. The van der Waals surface area contributed by atoms with Crippen LogP contribution in [0.3, 0.4) is 0 Å². The van der Waals surface area contributed by atoms with Gasteiger partial charge in [0, 0.05) is 7.11 Å². The summed E-state index contributed by atoms with van der Waals surface area (Å²) in [6.45, 7) is 1.52. The smallest absolute Gasteiger partial charge is 0.373 e. The molecule has 0 atom stereocenters. The van der Waals surface area contributed by atoms with E-state index in [-0.39, 0.29) is 6.61 Å². The number of carbonyl (C=O) groups excluding carboxylic acids is 1. The monoisotopic (exact) mass is 195 g/mol. The average molecular weight is 195 g/mol. The van der Waals surface area contributed by atoms with Crippen LogP contribution in [0.2, 0.25) is 0 Å². The topological polar surface area (TPSA) is 44.8 Å². The third-order valence-electron chi connectivity index (χ3n) is 1.44. The molecule has 75 valence electrons. The average Bonchev–Trinajstić information content (AvgIpc) is 2.25. The van der Waals surface area contributed by atoms with Gasteiger partial charge in [-0.25, -0.2) is 4.79 Å². The zero-order valence-electron chi connectivity index (χ0n) is 7.80. The molecule has 0 aliphatic heterocycles. The second-order valence-electron chi connectivity index (χ2n) is 2.46. The summed E-state index contributed by atoms with van der Waals surface area (Å²) in [6.07, 6.45) is 0. The minimum absolute atomic E-state index is 0.266. The zero-order valence-corrected chi connectivity index (χ0v) is 7.80. The molecule has 1 aromatic carbocycles. The van der Waals surface area contributed by atoms with Crippen LogP contribution in [0.4, 0.5) is 0 Å². The van der Waals surface area contributed by atoms with Gasteiger partial charge in [0.15, 0.2) is 6.61 Å². The molecule has 1 aromatic rings. The molecule has 0 bridgehead atoms. The fourth-order valence-electron chi connectivity index (χ4n) is 0.796. The first-order valence-electron chi connectivity index (χ1n) is 4.08. The standard InChI is InChI=1S/C10H11O4/c1-12-7-8-13-14-10(11)9-5-3-2-4-6-9/h2-6,8H,7H2,1H3. The van der Waals surface area contributed by atoms with Gasteiger partial charge in [-0.2, -0.15) is 4.89 Å². The molecule has 0 saturated heterocycles. The lowest BCUT2D eigenvalue weighted by molar-refractivity contribution is -0.217. The molecule has 4 nitrogen and oxygen atoms in total. The van der Waals surface area contributed by atoms with E-state index in [1.54, 1.807) is 24.3 Å². The number of benzene rings is 1. The summed E-state index contributed by atoms with van der Waals surface area (Å²) in [5.74, 6) is -0.530. The minimum Gasteiger partial charge on any atom is -0.382 e. The SMILES string of the molecule is COC[CH]OOC(=O)c1ccccc1. The van der Waals surface area contributed by atoms with Crippen molar-refractivity contribution in [3.8, 4) is 0 Å². The summed E-state index contributed by atoms with van der Waals surface area (Å²) in [4.78, 5) is 20.1. The molecular weight excluding hydrogens is 184 g/mol. The summed E-state index contributed by atoms with van der Waals surface area (Å²) in [5, 5.41) is 0. The predicted molar refractivity (Wildman–Crippen MR) is 49.1 cm³/mol. The second kappa shape index (κ2) is 6.12. The van der Waals surface area contributed by atoms with E-state index in [0.717, 1.165) is 0 Å². The minimum atomic E-state index is -0.530. The maximum atomic E-state index is 11.2. The molecule has 14 heavy (non-hydrogen) atoms. The second-order valence-corrected chi connectivity index (χ2v) is 2.46. The van der Waals surface area contributed by atoms with Gasteiger partial charge in [-0.05, 0) is 12.1 Å². The first-order chi connectivity index (χ1) is 6.84. The van der Waals surface area contributed by atoms with Gasteiger partial charge in [-0.3, -0.25) is 4.89 Å². The zero-order chi connectivity index (χ0) is 10.2. The van der Waals surface area contributed by atoms with Crippen molar-refractivity contribution in [2.45, 2.75) is 0 Å². The van der Waals surface area contributed by atoms with Crippen molar-refractivity contribution in [2.75, 3.05) is 13.7 Å². The number of rotatable bonds is 5. The fourth-order valence-corrected chi connectivity index (χ4v) is 0.796. The molecule has 0 aliphatic rings. The Bertz CT molecular complexity index is 271. The number of hydrogen-bond donors (Lipinski definition) is 0. The lowest BCUT2D eigenvalue weighted by atomic mass is 10.2. The molecule has 0 saturated carbocycles. The summed E-state index contributed by atoms with van der Waals surface area (Å²) >= 11 is 0. The van der Waals surface area contributed by atoms with Crippen LogP contribution in [0.1, 0.15) is 10.4 Å². The van der Waals surface area contributed by atoms with Crippen LogP contribution in [0, 0.1) is 6.61 Å². The Balaban J connectivity index is 2.29. The first-order valence-corrected chi connectivity index (χ1v) is 4.08. The molecule has 0 unspecified atom stereocenters. The van der Waals surface area contributed by atoms with Gasteiger partial charge < -0.3 is 4.74 Å². The van der Waals surface area contributed by atoms with Crippen molar-refractivity contribution < 1.29 is 19.3 Å². The highest BCUT2D eigenvalue weighted by Gasteiger charge is 2.06. The van der Waals surface area contributed by atoms with Crippen LogP contribution in [0.5, 0.6) is 0 Å². The Morgan fingerprint density at radius 2 is 2.07 bits per heavy atom. The van der Waals surface area contributed by atoms with E-state index >= 15 is 0 Å². The van der Waals surface area contributed by atoms with E-state index in [1.807, 2.05) is 6.07 Å². The van der Waals surface area contributed by atoms with Crippen LogP contribution in [-0.4, -0.2) is 19.7 Å². The molecule has 1 rings (SSSR count). The quantitative estimate of drug-likeness (QED) is 0.406. The molecule has 1 radical (unpaired) electrons. The van der Waals surface area contributed by atoms with Crippen molar-refractivity contribution in [3.05, 3.63) is 42.5 Å². The van der Waals surface area contributed by atoms with Gasteiger partial charge >= 0.3 is 5.97 Å². The van der Waals surface area contributed by atoms with Gasteiger partial charge in [0.2, 0.25) is 0 Å². The van der Waals surface area contributed by atoms with Crippen molar-refractivity contribution in [2.24, 2.45) is 0 Å². The number of carbonyl (C=O) groups is 1. The number of ether oxygens (including phenoxy) is 1. The maximum Gasteiger partial charge on any atom is 0.373 e. The van der Waals surface area contributed by atoms with Crippen LogP contribution in [0.15, 0.2) is 30.3 Å². The van der Waals surface area contributed by atoms with Crippen LogP contribution < -0.4 is 0 Å². The molecule has 0 aromatic heterocycles. The summed E-state index contributed by atoms with van der Waals surface area (Å²) in [6, 6.07) is 8.59. The van der Waals surface area contributed by atoms with E-state index in [0.29, 0.717) is 5.56 Å². The Kier molecular flexibility index (Phi) is 4.68. The maximum absolute atomic E-state index is 11.2. The van der Waals surface area contributed by atoms with E-state index in [9.17, 15) is 4.79 Å². The Labute approximate surface area is 82.3 Å². The van der Waals surface area contributed by atoms with Gasteiger partial charge in [-0.15, -0.1) is 0 Å². The normalized spacial score (nSPS) is 9.79. The van der Waals surface area contributed by atoms with Crippen molar-refractivity contribution in [1.29, 1.82) is 0 Å². The van der Waals surface area contributed by atoms with Crippen LogP contribution in [-0.2, 0) is 14.5 Å². The van der Waals surface area contributed by atoms with E-state index in [1.165, 1.54) is 13.7 Å². The Morgan fingerprint density at radius 3 is 2.71 bits per heavy atom. The third kappa shape index (κ3) is 3.55. The predicted octanol–water partition coefficient (Wildman–Crippen LogP) is 1.58.